The summed E-state index contributed by atoms with van der Waals surface area (Å²) in [5, 5.41) is 13.9. The molecule has 0 atom stereocenters. The monoisotopic (exact) mass is 263 g/mol. The molecule has 5 heteroatoms. The van der Waals surface area contributed by atoms with Gasteiger partial charge in [0.25, 0.3) is 5.91 Å². The van der Waals surface area contributed by atoms with Crippen molar-refractivity contribution in [2.45, 2.75) is 6.54 Å². The molecule has 0 unspecified atom stereocenters. The van der Waals surface area contributed by atoms with Gasteiger partial charge in [0.15, 0.2) is 0 Å². The van der Waals surface area contributed by atoms with Crippen molar-refractivity contribution in [1.82, 2.24) is 5.32 Å². The van der Waals surface area contributed by atoms with Gasteiger partial charge in [-0.25, -0.2) is 0 Å². The minimum absolute atomic E-state index is 0.147. The molecule has 18 heavy (non-hydrogen) atoms. The standard InChI is InChI=1S/C13H13NO3S/c1-17-11-6-12(18-8-11)13(16)14-7-9-3-2-4-10(15)5-9/h2-6,8,15H,7H2,1H3,(H,14,16). The smallest absolute Gasteiger partial charge is 0.261 e. The number of phenols is 1. The van der Waals surface area contributed by atoms with Gasteiger partial charge in [0.1, 0.15) is 11.5 Å². The van der Waals surface area contributed by atoms with Gasteiger partial charge in [-0.1, -0.05) is 12.1 Å². The Hall–Kier alpha value is -2.01. The average molecular weight is 263 g/mol. The van der Waals surface area contributed by atoms with E-state index >= 15 is 0 Å². The predicted molar refractivity (Wildman–Crippen MR) is 70.1 cm³/mol. The SMILES string of the molecule is COc1csc(C(=O)NCc2cccc(O)c2)c1. The van der Waals surface area contributed by atoms with Crippen LogP contribution in [0.15, 0.2) is 35.7 Å². The second kappa shape index (κ2) is 5.55. The Morgan fingerprint density at radius 3 is 2.94 bits per heavy atom. The lowest BCUT2D eigenvalue weighted by atomic mass is 10.2. The van der Waals surface area contributed by atoms with Crippen molar-refractivity contribution in [3.8, 4) is 11.5 Å². The van der Waals surface area contributed by atoms with Crippen LogP contribution in [0.2, 0.25) is 0 Å². The largest absolute Gasteiger partial charge is 0.508 e. The first-order chi connectivity index (χ1) is 8.69. The maximum Gasteiger partial charge on any atom is 0.261 e. The van der Waals surface area contributed by atoms with E-state index in [0.717, 1.165) is 5.56 Å². The zero-order valence-electron chi connectivity index (χ0n) is 9.84. The summed E-state index contributed by atoms with van der Waals surface area (Å²) in [6.45, 7) is 0.382. The number of amides is 1. The van der Waals surface area contributed by atoms with Crippen molar-refractivity contribution < 1.29 is 14.6 Å². The number of nitrogens with one attached hydrogen (secondary N) is 1. The Kier molecular flexibility index (Phi) is 3.84. The molecule has 94 valence electrons. The summed E-state index contributed by atoms with van der Waals surface area (Å²) in [6, 6.07) is 8.49. The van der Waals surface area contributed by atoms with Crippen LogP contribution in [-0.4, -0.2) is 18.1 Å². The van der Waals surface area contributed by atoms with E-state index in [1.54, 1.807) is 36.8 Å². The van der Waals surface area contributed by atoms with Crippen molar-refractivity contribution in [3.05, 3.63) is 46.2 Å². The molecule has 4 nitrogen and oxygen atoms in total. The molecule has 0 aliphatic heterocycles. The molecular weight excluding hydrogens is 250 g/mol. The molecule has 0 saturated heterocycles. The summed E-state index contributed by atoms with van der Waals surface area (Å²) in [7, 11) is 1.57. The van der Waals surface area contributed by atoms with Crippen molar-refractivity contribution >= 4 is 17.2 Å². The third-order valence-corrected chi connectivity index (χ3v) is 3.31. The molecule has 2 rings (SSSR count). The average Bonchev–Trinajstić information content (AvgIpc) is 2.85. The number of methoxy groups -OCH3 is 1. The van der Waals surface area contributed by atoms with E-state index < -0.39 is 0 Å². The third-order valence-electron chi connectivity index (χ3n) is 2.40. The highest BCUT2D eigenvalue weighted by Crippen LogP contribution is 2.21. The van der Waals surface area contributed by atoms with Gasteiger partial charge in [-0.05, 0) is 17.7 Å². The Balaban J connectivity index is 1.96. The van der Waals surface area contributed by atoms with E-state index in [1.165, 1.54) is 11.3 Å². The van der Waals surface area contributed by atoms with Crippen molar-refractivity contribution in [1.29, 1.82) is 0 Å². The number of aromatic hydroxyl groups is 1. The summed E-state index contributed by atoms with van der Waals surface area (Å²) < 4.78 is 5.02. The van der Waals surface area contributed by atoms with E-state index in [2.05, 4.69) is 5.32 Å². The third kappa shape index (κ3) is 3.01. The van der Waals surface area contributed by atoms with Crippen LogP contribution < -0.4 is 10.1 Å². The second-order valence-corrected chi connectivity index (χ2v) is 4.61. The van der Waals surface area contributed by atoms with Crippen LogP contribution >= 0.6 is 11.3 Å². The highest BCUT2D eigenvalue weighted by Gasteiger charge is 2.09. The first-order valence-corrected chi connectivity index (χ1v) is 6.25. The Morgan fingerprint density at radius 1 is 1.44 bits per heavy atom. The summed E-state index contributed by atoms with van der Waals surface area (Å²) in [4.78, 5) is 12.4. The van der Waals surface area contributed by atoms with Gasteiger partial charge < -0.3 is 15.2 Å². The number of thiophene rings is 1. The molecule has 1 aromatic carbocycles. The van der Waals surface area contributed by atoms with Crippen LogP contribution in [0.1, 0.15) is 15.2 Å². The van der Waals surface area contributed by atoms with E-state index in [4.69, 9.17) is 4.74 Å². The summed E-state index contributed by atoms with van der Waals surface area (Å²) in [5.74, 6) is 0.730. The number of rotatable bonds is 4. The highest BCUT2D eigenvalue weighted by atomic mass is 32.1. The van der Waals surface area contributed by atoms with Gasteiger partial charge in [0, 0.05) is 18.0 Å². The van der Waals surface area contributed by atoms with Gasteiger partial charge in [-0.15, -0.1) is 11.3 Å². The summed E-state index contributed by atoms with van der Waals surface area (Å²) in [6.07, 6.45) is 0. The van der Waals surface area contributed by atoms with Gasteiger partial charge >= 0.3 is 0 Å². The van der Waals surface area contributed by atoms with E-state index in [0.29, 0.717) is 17.2 Å². The van der Waals surface area contributed by atoms with Crippen molar-refractivity contribution in [3.63, 3.8) is 0 Å². The minimum atomic E-state index is -0.147. The molecule has 2 aromatic rings. The fraction of sp³-hybridized carbons (Fsp3) is 0.154. The number of hydrogen-bond acceptors (Lipinski definition) is 4. The highest BCUT2D eigenvalue weighted by molar-refractivity contribution is 7.12. The summed E-state index contributed by atoms with van der Waals surface area (Å²) in [5.41, 5.74) is 0.854. The lowest BCUT2D eigenvalue weighted by molar-refractivity contribution is 0.0954. The lowest BCUT2D eigenvalue weighted by Gasteiger charge is -2.04. The predicted octanol–water partition coefficient (Wildman–Crippen LogP) is 2.39. The molecule has 0 fully saturated rings. The maximum absolute atomic E-state index is 11.8. The van der Waals surface area contributed by atoms with Crippen LogP contribution in [0.3, 0.4) is 0 Å². The molecule has 1 amide bonds. The Morgan fingerprint density at radius 2 is 2.28 bits per heavy atom. The van der Waals surface area contributed by atoms with E-state index in [9.17, 15) is 9.90 Å². The Labute approximate surface area is 109 Å². The molecule has 2 N–H and O–H groups in total. The topological polar surface area (TPSA) is 58.6 Å². The van der Waals surface area contributed by atoms with Gasteiger partial charge in [0.05, 0.1) is 12.0 Å². The van der Waals surface area contributed by atoms with E-state index in [-0.39, 0.29) is 11.7 Å². The maximum atomic E-state index is 11.8. The first kappa shape index (κ1) is 12.4. The minimum Gasteiger partial charge on any atom is -0.508 e. The quantitative estimate of drug-likeness (QED) is 0.890. The number of hydrogen-bond donors (Lipinski definition) is 2. The number of carbonyl (C=O) groups excluding carboxylic acids is 1. The molecule has 0 bridgehead atoms. The van der Waals surface area contributed by atoms with Gasteiger partial charge in [-0.2, -0.15) is 0 Å². The van der Waals surface area contributed by atoms with Crippen molar-refractivity contribution in [2.24, 2.45) is 0 Å². The fourth-order valence-corrected chi connectivity index (χ4v) is 2.25. The molecule has 1 heterocycles. The molecule has 0 aliphatic carbocycles. The van der Waals surface area contributed by atoms with Gasteiger partial charge in [-0.3, -0.25) is 4.79 Å². The molecule has 0 saturated carbocycles. The lowest BCUT2D eigenvalue weighted by Crippen LogP contribution is -2.21. The van der Waals surface area contributed by atoms with Crippen LogP contribution in [0.25, 0.3) is 0 Å². The zero-order chi connectivity index (χ0) is 13.0. The zero-order valence-corrected chi connectivity index (χ0v) is 10.7. The Bertz CT molecular complexity index is 551. The van der Waals surface area contributed by atoms with Crippen LogP contribution in [-0.2, 0) is 6.54 Å². The molecule has 1 aromatic heterocycles. The van der Waals surface area contributed by atoms with Crippen LogP contribution in [0.4, 0.5) is 0 Å². The van der Waals surface area contributed by atoms with Crippen LogP contribution in [0, 0.1) is 0 Å². The molecular formula is C13H13NO3S. The number of ether oxygens (including phenoxy) is 1. The number of benzene rings is 1. The molecule has 0 spiro atoms. The second-order valence-electron chi connectivity index (χ2n) is 3.70. The van der Waals surface area contributed by atoms with E-state index in [1.807, 2.05) is 6.07 Å². The normalized spacial score (nSPS) is 10.1. The number of phenolic OH excluding ortho intramolecular Hbond substituents is 1. The van der Waals surface area contributed by atoms with Gasteiger partial charge in [0.2, 0.25) is 0 Å². The summed E-state index contributed by atoms with van der Waals surface area (Å²) >= 11 is 1.33. The van der Waals surface area contributed by atoms with Crippen LogP contribution in [0.5, 0.6) is 11.5 Å². The fourth-order valence-electron chi connectivity index (χ4n) is 1.48. The first-order valence-electron chi connectivity index (χ1n) is 5.37. The number of carbonyl (C=O) groups is 1. The van der Waals surface area contributed by atoms with Crippen molar-refractivity contribution in [2.75, 3.05) is 7.11 Å². The molecule has 0 aliphatic rings. The molecule has 0 radical (unpaired) electrons.